The maximum atomic E-state index is 6.56. The Balaban J connectivity index is 2.19. The van der Waals surface area contributed by atoms with Gasteiger partial charge in [0.1, 0.15) is 0 Å². The Morgan fingerprint density at radius 1 is 1.21 bits per heavy atom. The van der Waals surface area contributed by atoms with Crippen molar-refractivity contribution in [2.45, 2.75) is 40.0 Å². The van der Waals surface area contributed by atoms with E-state index < -0.39 is 0 Å². The zero-order chi connectivity index (χ0) is 17.1. The van der Waals surface area contributed by atoms with E-state index in [0.29, 0.717) is 0 Å². The molecule has 0 spiro atoms. The number of aromatic nitrogens is 2. The largest absolute Gasteiger partial charge is 0.339 e. The molecule has 124 valence electrons. The van der Waals surface area contributed by atoms with E-state index in [-0.39, 0.29) is 5.41 Å². The van der Waals surface area contributed by atoms with E-state index in [2.05, 4.69) is 31.9 Å². The first kappa shape index (κ1) is 15.0. The number of hydrazone groups is 1. The maximum Gasteiger partial charge on any atom is 0.0844 e. The molecule has 0 saturated heterocycles. The summed E-state index contributed by atoms with van der Waals surface area (Å²) in [6.07, 6.45) is 2.58. The van der Waals surface area contributed by atoms with Crippen LogP contribution in [0.2, 0.25) is 0 Å². The number of rotatable bonds is 1. The van der Waals surface area contributed by atoms with Crippen molar-refractivity contribution in [1.82, 2.24) is 9.66 Å². The fourth-order valence-corrected chi connectivity index (χ4v) is 4.09. The Morgan fingerprint density at radius 3 is 2.67 bits per heavy atom. The quantitative estimate of drug-likeness (QED) is 0.534. The predicted octanol–water partition coefficient (Wildman–Crippen LogP) is 3.05. The lowest BCUT2D eigenvalue weighted by Gasteiger charge is -2.35. The Labute approximate surface area is 141 Å². The summed E-state index contributed by atoms with van der Waals surface area (Å²) in [5.74, 6) is 12.3. The van der Waals surface area contributed by atoms with Gasteiger partial charge in [-0.2, -0.15) is 5.10 Å². The second kappa shape index (κ2) is 4.97. The van der Waals surface area contributed by atoms with Crippen molar-refractivity contribution in [2.75, 3.05) is 5.84 Å². The van der Waals surface area contributed by atoms with Gasteiger partial charge in [0.25, 0.3) is 0 Å². The van der Waals surface area contributed by atoms with Crippen molar-refractivity contribution in [1.29, 1.82) is 0 Å². The second-order valence-electron chi connectivity index (χ2n) is 7.44. The summed E-state index contributed by atoms with van der Waals surface area (Å²) in [5.41, 5.74) is 7.33. The van der Waals surface area contributed by atoms with Crippen molar-refractivity contribution in [3.8, 4) is 11.3 Å². The van der Waals surface area contributed by atoms with E-state index >= 15 is 0 Å². The summed E-state index contributed by atoms with van der Waals surface area (Å²) >= 11 is 0. The lowest BCUT2D eigenvalue weighted by molar-refractivity contribution is 0.362. The molecule has 0 atom stereocenters. The van der Waals surface area contributed by atoms with E-state index in [0.717, 1.165) is 64.1 Å². The van der Waals surface area contributed by atoms with Gasteiger partial charge in [-0.25, -0.2) is 4.98 Å². The van der Waals surface area contributed by atoms with Crippen LogP contribution >= 0.6 is 0 Å². The number of fused-ring (bicyclic) bond motifs is 5. The predicted molar refractivity (Wildman–Crippen MR) is 98.7 cm³/mol. The first-order valence-corrected chi connectivity index (χ1v) is 8.44. The highest BCUT2D eigenvalue weighted by Gasteiger charge is 2.36. The van der Waals surface area contributed by atoms with Gasteiger partial charge >= 0.3 is 0 Å². The summed E-state index contributed by atoms with van der Waals surface area (Å²) in [4.78, 5) is 4.92. The van der Waals surface area contributed by atoms with Gasteiger partial charge in [0, 0.05) is 22.2 Å². The average Bonchev–Trinajstić information content (AvgIpc) is 2.93. The number of hydrogen-bond acceptors (Lipinski definition) is 4. The zero-order valence-corrected chi connectivity index (χ0v) is 14.4. The van der Waals surface area contributed by atoms with E-state index in [1.807, 2.05) is 22.9 Å². The minimum absolute atomic E-state index is 0.0804. The van der Waals surface area contributed by atoms with Crippen LogP contribution in [0.5, 0.6) is 0 Å². The van der Waals surface area contributed by atoms with Crippen molar-refractivity contribution >= 4 is 16.6 Å². The van der Waals surface area contributed by atoms with Crippen LogP contribution in [0.3, 0.4) is 0 Å². The third-order valence-corrected chi connectivity index (χ3v) is 5.11. The number of hydrogen-bond donors (Lipinski definition) is 2. The normalized spacial score (nSPS) is 18.4. The molecule has 0 unspecified atom stereocenters. The molecule has 3 aliphatic rings. The summed E-state index contributed by atoms with van der Waals surface area (Å²) < 4.78 is 1.86. The van der Waals surface area contributed by atoms with Crippen LogP contribution < -0.4 is 11.7 Å². The molecular formula is C19H23N5. The minimum atomic E-state index is 0.0804. The molecule has 2 heterocycles. The molecular weight excluding hydrogens is 298 g/mol. The van der Waals surface area contributed by atoms with Crippen LogP contribution in [-0.4, -0.2) is 15.4 Å². The van der Waals surface area contributed by atoms with Gasteiger partial charge in [-0.1, -0.05) is 39.0 Å². The summed E-state index contributed by atoms with van der Waals surface area (Å²) in [6, 6.07) is 8.23. The lowest BCUT2D eigenvalue weighted by atomic mass is 9.74. The number of pyridine rings is 1. The van der Waals surface area contributed by atoms with Gasteiger partial charge in [-0.15, -0.1) is 0 Å². The molecule has 4 rings (SSSR count). The third-order valence-electron chi connectivity index (χ3n) is 5.11. The molecule has 5 heteroatoms. The number of nitrogen functional groups attached to an aromatic ring is 1. The van der Waals surface area contributed by atoms with Crippen molar-refractivity contribution in [3.63, 3.8) is 0 Å². The van der Waals surface area contributed by atoms with Crippen LogP contribution in [0.15, 0.2) is 29.4 Å². The van der Waals surface area contributed by atoms with Crippen LogP contribution in [0.25, 0.3) is 22.2 Å². The maximum absolute atomic E-state index is 6.56. The van der Waals surface area contributed by atoms with E-state index in [1.54, 1.807) is 0 Å². The SMILES string of the molecule is CCc1c2c3ccccc3nc-2c2c(n1N)CC(C)(C)C/C2=N\N. The van der Waals surface area contributed by atoms with Gasteiger partial charge in [0.15, 0.2) is 0 Å². The standard InChI is InChI=1S/C19H23N5/c1-4-14-16-11-7-5-6-8-12(11)22-18(16)17-13(23-20)9-19(2,3)10-15(17)24(14)21/h5-8H,4,9-10,20-21H2,1-3H3/b23-13+. The highest BCUT2D eigenvalue weighted by atomic mass is 15.3. The smallest absolute Gasteiger partial charge is 0.0844 e. The average molecular weight is 321 g/mol. The molecule has 4 N–H and O–H groups in total. The minimum Gasteiger partial charge on any atom is -0.339 e. The second-order valence-corrected chi connectivity index (χ2v) is 7.44. The summed E-state index contributed by atoms with van der Waals surface area (Å²) in [6.45, 7) is 6.59. The lowest BCUT2D eigenvalue weighted by Crippen LogP contribution is -2.35. The number of nitrogens with two attached hydrogens (primary N) is 2. The van der Waals surface area contributed by atoms with Crippen LogP contribution in [0.4, 0.5) is 0 Å². The molecule has 0 fully saturated rings. The molecule has 24 heavy (non-hydrogen) atoms. The van der Waals surface area contributed by atoms with Gasteiger partial charge in [-0.05, 0) is 30.7 Å². The Kier molecular flexibility index (Phi) is 3.10. The monoisotopic (exact) mass is 321 g/mol. The Morgan fingerprint density at radius 2 is 1.96 bits per heavy atom. The topological polar surface area (TPSA) is 82.2 Å². The fraction of sp³-hybridized carbons (Fsp3) is 0.368. The van der Waals surface area contributed by atoms with Crippen molar-refractivity contribution in [3.05, 3.63) is 41.2 Å². The molecule has 0 bridgehead atoms. The first-order valence-electron chi connectivity index (χ1n) is 8.44. The zero-order valence-electron chi connectivity index (χ0n) is 14.4. The number of para-hydroxylation sites is 1. The highest BCUT2D eigenvalue weighted by molar-refractivity contribution is 6.12. The van der Waals surface area contributed by atoms with E-state index in [9.17, 15) is 0 Å². The van der Waals surface area contributed by atoms with Crippen molar-refractivity contribution < 1.29 is 0 Å². The Bertz CT molecular complexity index is 948. The van der Waals surface area contributed by atoms with Crippen LogP contribution in [-0.2, 0) is 12.8 Å². The molecule has 0 saturated carbocycles. The van der Waals surface area contributed by atoms with E-state index in [1.165, 1.54) is 0 Å². The highest BCUT2D eigenvalue weighted by Crippen LogP contribution is 2.43. The van der Waals surface area contributed by atoms with Crippen LogP contribution in [0, 0.1) is 5.41 Å². The Hall–Kier alpha value is -2.56. The fourth-order valence-electron chi connectivity index (χ4n) is 4.09. The molecule has 2 aliphatic heterocycles. The first-order chi connectivity index (χ1) is 11.5. The summed E-state index contributed by atoms with van der Waals surface area (Å²) in [7, 11) is 0. The number of benzene rings is 1. The van der Waals surface area contributed by atoms with E-state index in [4.69, 9.17) is 16.7 Å². The molecule has 0 aromatic heterocycles. The molecule has 0 radical (unpaired) electrons. The van der Waals surface area contributed by atoms with Gasteiger partial charge in [-0.3, -0.25) is 4.68 Å². The molecule has 0 amide bonds. The van der Waals surface area contributed by atoms with Crippen LogP contribution in [0.1, 0.15) is 44.1 Å². The molecule has 5 nitrogen and oxygen atoms in total. The molecule has 1 aliphatic carbocycles. The summed E-state index contributed by atoms with van der Waals surface area (Å²) in [5, 5.41) is 5.26. The molecule has 1 aromatic carbocycles. The third kappa shape index (κ3) is 1.94. The van der Waals surface area contributed by atoms with Gasteiger partial charge in [0.2, 0.25) is 0 Å². The van der Waals surface area contributed by atoms with Gasteiger partial charge in [0.05, 0.1) is 22.6 Å². The number of nitrogens with zero attached hydrogens (tertiary/aromatic N) is 3. The molecule has 1 aromatic rings. The van der Waals surface area contributed by atoms with Crippen molar-refractivity contribution in [2.24, 2.45) is 16.4 Å². The van der Waals surface area contributed by atoms with Gasteiger partial charge < -0.3 is 11.7 Å².